The van der Waals surface area contributed by atoms with E-state index in [1.165, 1.54) is 0 Å². The molecule has 1 aliphatic carbocycles. The summed E-state index contributed by atoms with van der Waals surface area (Å²) >= 11 is 6.09. The molecule has 3 heterocycles. The number of aliphatic hydroxyl groups is 2. The summed E-state index contributed by atoms with van der Waals surface area (Å²) in [6, 6.07) is 11.2. The zero-order valence-electron chi connectivity index (χ0n) is 18.7. The Bertz CT molecular complexity index is 1370. The highest BCUT2D eigenvalue weighted by atomic mass is 35.5. The Hall–Kier alpha value is -2.87. The summed E-state index contributed by atoms with van der Waals surface area (Å²) in [4.78, 5) is 8.87. The van der Waals surface area contributed by atoms with Gasteiger partial charge in [-0.15, -0.1) is 0 Å². The van der Waals surface area contributed by atoms with E-state index in [9.17, 15) is 10.2 Å². The van der Waals surface area contributed by atoms with Crippen molar-refractivity contribution in [2.75, 3.05) is 11.5 Å². The zero-order valence-corrected chi connectivity index (χ0v) is 19.4. The largest absolute Gasteiger partial charge is 0.398 e. The molecule has 0 amide bonds. The summed E-state index contributed by atoms with van der Waals surface area (Å²) in [5.74, 6) is 0.311. The number of fused-ring (bicyclic) bond motifs is 2. The quantitative estimate of drug-likeness (QED) is 0.360. The molecule has 8 heteroatoms. The van der Waals surface area contributed by atoms with Gasteiger partial charge in [0.2, 0.25) is 0 Å². The van der Waals surface area contributed by atoms with Crippen molar-refractivity contribution in [3.8, 4) is 0 Å². The third kappa shape index (κ3) is 3.42. The highest BCUT2D eigenvalue weighted by Gasteiger charge is 2.58. The summed E-state index contributed by atoms with van der Waals surface area (Å²) in [7, 11) is 0. The highest BCUT2D eigenvalue weighted by Crippen LogP contribution is 2.54. The molecule has 5 rings (SSSR count). The Morgan fingerprint density at radius 3 is 2.76 bits per heavy atom. The van der Waals surface area contributed by atoms with Crippen LogP contribution in [0.4, 0.5) is 11.5 Å². The number of rotatable bonds is 4. The number of benzene rings is 1. The lowest BCUT2D eigenvalue weighted by molar-refractivity contribution is -0.110. The van der Waals surface area contributed by atoms with Crippen LogP contribution in [0.3, 0.4) is 0 Å². The molecule has 33 heavy (non-hydrogen) atoms. The second kappa shape index (κ2) is 7.58. The summed E-state index contributed by atoms with van der Waals surface area (Å²) in [6.45, 7) is 3.77. The number of nitrogen functional groups attached to an aromatic ring is 2. The van der Waals surface area contributed by atoms with Gasteiger partial charge in [0.15, 0.2) is 0 Å². The van der Waals surface area contributed by atoms with E-state index in [2.05, 4.69) is 9.97 Å². The van der Waals surface area contributed by atoms with Crippen molar-refractivity contribution < 1.29 is 10.2 Å². The number of pyridine rings is 2. The fraction of sp³-hybridized carbons (Fsp3) is 0.360. The molecule has 4 aromatic rings. The zero-order chi connectivity index (χ0) is 23.5. The van der Waals surface area contributed by atoms with E-state index in [1.54, 1.807) is 19.2 Å². The number of halogens is 1. The number of nitrogens with zero attached hydrogens (tertiary/aromatic N) is 3. The van der Waals surface area contributed by atoms with E-state index in [-0.39, 0.29) is 6.04 Å². The first-order valence-corrected chi connectivity index (χ1v) is 11.4. The minimum atomic E-state index is -1.28. The first-order chi connectivity index (χ1) is 15.6. The normalized spacial score (nSPS) is 27.5. The van der Waals surface area contributed by atoms with E-state index in [1.807, 2.05) is 48.0 Å². The molecule has 0 aliphatic heterocycles. The van der Waals surface area contributed by atoms with Crippen LogP contribution < -0.4 is 11.5 Å². The maximum atomic E-state index is 11.4. The Morgan fingerprint density at radius 2 is 1.97 bits per heavy atom. The minimum Gasteiger partial charge on any atom is -0.398 e. The number of hydrogen-bond acceptors (Lipinski definition) is 6. The Balaban J connectivity index is 1.42. The molecule has 0 unspecified atom stereocenters. The average Bonchev–Trinajstić information content (AvgIpc) is 3.28. The van der Waals surface area contributed by atoms with Crippen molar-refractivity contribution >= 4 is 45.0 Å². The van der Waals surface area contributed by atoms with E-state index in [4.69, 9.17) is 23.1 Å². The van der Waals surface area contributed by atoms with Crippen LogP contribution in [0.1, 0.15) is 38.3 Å². The van der Waals surface area contributed by atoms with Crippen LogP contribution in [0.5, 0.6) is 0 Å². The van der Waals surface area contributed by atoms with Crippen molar-refractivity contribution in [2.45, 2.75) is 50.9 Å². The Labute approximate surface area is 197 Å². The van der Waals surface area contributed by atoms with Gasteiger partial charge in [-0.3, -0.25) is 0 Å². The topological polar surface area (TPSA) is 123 Å². The smallest absolute Gasteiger partial charge is 0.142 e. The number of aromatic nitrogens is 3. The van der Waals surface area contributed by atoms with Gasteiger partial charge in [0, 0.05) is 34.3 Å². The van der Waals surface area contributed by atoms with Crippen molar-refractivity contribution in [1.29, 1.82) is 0 Å². The molecule has 4 atom stereocenters. The van der Waals surface area contributed by atoms with Crippen molar-refractivity contribution in [2.24, 2.45) is 5.41 Å². The Kier molecular flexibility index (Phi) is 5.04. The highest BCUT2D eigenvalue weighted by molar-refractivity contribution is 6.33. The number of anilines is 2. The lowest BCUT2D eigenvalue weighted by atomic mass is 9.72. The predicted molar refractivity (Wildman–Crippen MR) is 132 cm³/mol. The van der Waals surface area contributed by atoms with Gasteiger partial charge in [-0.2, -0.15) is 0 Å². The molecule has 1 saturated carbocycles. The second-order valence-electron chi connectivity index (χ2n) is 9.67. The molecule has 1 aliphatic rings. The first kappa shape index (κ1) is 21.9. The van der Waals surface area contributed by atoms with E-state index in [0.717, 1.165) is 33.9 Å². The number of hydrogen-bond donors (Lipinski definition) is 4. The van der Waals surface area contributed by atoms with Crippen LogP contribution >= 0.6 is 11.6 Å². The maximum Gasteiger partial charge on any atom is 0.142 e. The standard InChI is InChI=1S/C25H28ClN5O2/c1-24(8-5-14-3-4-15-12-17(26)22(28)30-19(15)11-14)13-20(21(32)25(24,2)33)31-10-7-16-18(27)6-9-29-23(16)31/h3-4,6-7,9-12,20-21,32-33H,5,8,13H2,1-2H3,(H2,27,29)(H2,28,30)/t20-,21+,24+,25+/m1/s1. The monoisotopic (exact) mass is 465 g/mol. The summed E-state index contributed by atoms with van der Waals surface area (Å²) < 4.78 is 1.95. The van der Waals surface area contributed by atoms with E-state index < -0.39 is 17.1 Å². The van der Waals surface area contributed by atoms with Crippen LogP contribution in [-0.4, -0.2) is 36.5 Å². The fourth-order valence-electron chi connectivity index (χ4n) is 5.24. The van der Waals surface area contributed by atoms with Crippen LogP contribution in [-0.2, 0) is 6.42 Å². The van der Waals surface area contributed by atoms with Crippen LogP contribution in [0, 0.1) is 5.41 Å². The molecule has 172 valence electrons. The summed E-state index contributed by atoms with van der Waals surface area (Å²) in [5.41, 5.74) is 13.4. The lowest BCUT2D eigenvalue weighted by Gasteiger charge is -2.38. The summed E-state index contributed by atoms with van der Waals surface area (Å²) in [6.07, 6.45) is 4.65. The fourth-order valence-corrected chi connectivity index (χ4v) is 5.40. The third-order valence-electron chi connectivity index (χ3n) is 7.66. The molecule has 1 aromatic carbocycles. The van der Waals surface area contributed by atoms with Crippen molar-refractivity contribution in [3.63, 3.8) is 0 Å². The molecule has 0 spiro atoms. The SMILES string of the molecule is C[C@]1(CCc2ccc3cc(Cl)c(N)nc3c2)C[C@@H](n2ccc3c(N)ccnc32)[C@H](O)[C@]1(C)O. The van der Waals surface area contributed by atoms with Gasteiger partial charge in [0.25, 0.3) is 0 Å². The molecule has 1 fully saturated rings. The summed E-state index contributed by atoms with van der Waals surface area (Å²) in [5, 5.41) is 24.8. The van der Waals surface area contributed by atoms with Crippen LogP contribution in [0.25, 0.3) is 21.9 Å². The van der Waals surface area contributed by atoms with Gasteiger partial charge in [0.1, 0.15) is 17.6 Å². The number of aryl methyl sites for hydroxylation is 1. The van der Waals surface area contributed by atoms with Gasteiger partial charge in [-0.1, -0.05) is 30.7 Å². The van der Waals surface area contributed by atoms with Gasteiger partial charge < -0.3 is 26.2 Å². The van der Waals surface area contributed by atoms with E-state index >= 15 is 0 Å². The lowest BCUT2D eigenvalue weighted by Crippen LogP contribution is -2.47. The van der Waals surface area contributed by atoms with Gasteiger partial charge >= 0.3 is 0 Å². The number of aliphatic hydroxyl groups excluding tert-OH is 1. The molecule has 0 radical (unpaired) electrons. The maximum absolute atomic E-state index is 11.4. The third-order valence-corrected chi connectivity index (χ3v) is 7.96. The second-order valence-corrected chi connectivity index (χ2v) is 10.1. The molecule has 0 saturated heterocycles. The number of nitrogens with two attached hydrogens (primary N) is 2. The predicted octanol–water partition coefficient (Wildman–Crippen LogP) is 4.10. The Morgan fingerprint density at radius 1 is 1.18 bits per heavy atom. The van der Waals surface area contributed by atoms with Gasteiger partial charge in [-0.05, 0) is 56.0 Å². The first-order valence-electron chi connectivity index (χ1n) is 11.1. The molecule has 7 nitrogen and oxygen atoms in total. The molecule has 6 N–H and O–H groups in total. The molecule has 3 aromatic heterocycles. The average molecular weight is 466 g/mol. The van der Waals surface area contributed by atoms with E-state index in [0.29, 0.717) is 29.4 Å². The molecular weight excluding hydrogens is 438 g/mol. The van der Waals surface area contributed by atoms with Crippen molar-refractivity contribution in [3.05, 3.63) is 59.4 Å². The van der Waals surface area contributed by atoms with Crippen LogP contribution in [0.2, 0.25) is 5.02 Å². The van der Waals surface area contributed by atoms with Crippen LogP contribution in [0.15, 0.2) is 48.8 Å². The van der Waals surface area contributed by atoms with Crippen molar-refractivity contribution in [1.82, 2.24) is 14.5 Å². The van der Waals surface area contributed by atoms with Gasteiger partial charge in [0.05, 0.1) is 22.2 Å². The molecular formula is C25H28ClN5O2. The molecule has 0 bridgehead atoms. The minimum absolute atomic E-state index is 0.308. The van der Waals surface area contributed by atoms with Gasteiger partial charge in [-0.25, -0.2) is 9.97 Å².